The van der Waals surface area contributed by atoms with Crippen LogP contribution >= 0.6 is 0 Å². The molecule has 0 spiro atoms. The second-order valence-electron chi connectivity index (χ2n) is 6.14. The van der Waals surface area contributed by atoms with Crippen LogP contribution in [0.1, 0.15) is 32.3 Å². The fourth-order valence-electron chi connectivity index (χ4n) is 2.87. The van der Waals surface area contributed by atoms with Crippen LogP contribution in [0, 0.1) is 5.92 Å². The van der Waals surface area contributed by atoms with Crippen molar-refractivity contribution in [3.05, 3.63) is 29.8 Å². The maximum Gasteiger partial charge on any atom is 0.223 e. The zero-order chi connectivity index (χ0) is 15.2. The van der Waals surface area contributed by atoms with Crippen LogP contribution < -0.4 is 5.73 Å². The number of aryl methyl sites for hydroxylation is 1. The van der Waals surface area contributed by atoms with Gasteiger partial charge in [0.15, 0.2) is 0 Å². The Balaban J connectivity index is 1.93. The maximum absolute atomic E-state index is 12.5. The van der Waals surface area contributed by atoms with Gasteiger partial charge in [0.1, 0.15) is 0 Å². The molecule has 116 valence electrons. The van der Waals surface area contributed by atoms with E-state index < -0.39 is 0 Å². The number of nitrogen functional groups attached to an aromatic ring is 1. The van der Waals surface area contributed by atoms with Gasteiger partial charge in [-0.1, -0.05) is 32.0 Å². The Hall–Kier alpha value is -1.55. The topological polar surface area (TPSA) is 55.6 Å². The monoisotopic (exact) mass is 290 g/mol. The summed E-state index contributed by atoms with van der Waals surface area (Å²) < 4.78 is 5.53. The molecule has 1 aromatic carbocycles. The van der Waals surface area contributed by atoms with E-state index in [-0.39, 0.29) is 11.9 Å². The Kier molecular flexibility index (Phi) is 5.62. The van der Waals surface area contributed by atoms with Crippen molar-refractivity contribution in [3.63, 3.8) is 0 Å². The number of morpholine rings is 1. The molecule has 1 unspecified atom stereocenters. The van der Waals surface area contributed by atoms with Crippen LogP contribution in [0.3, 0.4) is 0 Å². The molecule has 4 nitrogen and oxygen atoms in total. The summed E-state index contributed by atoms with van der Waals surface area (Å²) in [6, 6.07) is 7.98. The number of benzene rings is 1. The number of hydrogen-bond acceptors (Lipinski definition) is 3. The SMILES string of the molecule is CC(C)CC1COCCN1C(=O)CCc1ccccc1N. The largest absolute Gasteiger partial charge is 0.399 e. The summed E-state index contributed by atoms with van der Waals surface area (Å²) in [7, 11) is 0. The van der Waals surface area contributed by atoms with E-state index in [1.807, 2.05) is 29.2 Å². The van der Waals surface area contributed by atoms with Crippen molar-refractivity contribution in [1.29, 1.82) is 0 Å². The van der Waals surface area contributed by atoms with E-state index in [9.17, 15) is 4.79 Å². The lowest BCUT2D eigenvalue weighted by Crippen LogP contribution is -2.49. The third-order valence-corrected chi connectivity index (χ3v) is 3.95. The van der Waals surface area contributed by atoms with Crippen LogP contribution in [0.2, 0.25) is 0 Å². The number of carbonyl (C=O) groups excluding carboxylic acids is 1. The minimum atomic E-state index is 0.215. The molecule has 4 heteroatoms. The molecule has 0 bridgehead atoms. The molecule has 21 heavy (non-hydrogen) atoms. The van der Waals surface area contributed by atoms with Crippen LogP contribution in [0.5, 0.6) is 0 Å². The number of amides is 1. The van der Waals surface area contributed by atoms with E-state index in [0.29, 0.717) is 38.5 Å². The molecule has 1 heterocycles. The number of carbonyl (C=O) groups is 1. The molecule has 0 saturated carbocycles. The standard InChI is InChI=1S/C17H26N2O2/c1-13(2)11-15-12-21-10-9-19(15)17(20)8-7-14-5-3-4-6-16(14)18/h3-6,13,15H,7-12,18H2,1-2H3. The van der Waals surface area contributed by atoms with E-state index in [0.717, 1.165) is 17.7 Å². The Bertz CT molecular complexity index is 474. The summed E-state index contributed by atoms with van der Waals surface area (Å²) in [6.07, 6.45) is 2.22. The van der Waals surface area contributed by atoms with Crippen LogP contribution in [0.25, 0.3) is 0 Å². The molecule has 2 rings (SSSR count). The number of nitrogens with zero attached hydrogens (tertiary/aromatic N) is 1. The van der Waals surface area contributed by atoms with Crippen molar-refractivity contribution in [3.8, 4) is 0 Å². The molecule has 0 radical (unpaired) electrons. The highest BCUT2D eigenvalue weighted by Gasteiger charge is 2.27. The van der Waals surface area contributed by atoms with Gasteiger partial charge in [-0.05, 0) is 30.4 Å². The predicted molar refractivity (Wildman–Crippen MR) is 85.0 cm³/mol. The Morgan fingerprint density at radius 2 is 2.19 bits per heavy atom. The predicted octanol–water partition coefficient (Wildman–Crippen LogP) is 2.47. The average molecular weight is 290 g/mol. The quantitative estimate of drug-likeness (QED) is 0.848. The molecular formula is C17H26N2O2. The molecule has 0 aliphatic carbocycles. The second kappa shape index (κ2) is 7.46. The van der Waals surface area contributed by atoms with Crippen molar-refractivity contribution >= 4 is 11.6 Å². The Morgan fingerprint density at radius 3 is 2.90 bits per heavy atom. The normalized spacial score (nSPS) is 19.0. The maximum atomic E-state index is 12.5. The van der Waals surface area contributed by atoms with E-state index in [1.165, 1.54) is 0 Å². The highest BCUT2D eigenvalue weighted by molar-refractivity contribution is 5.77. The van der Waals surface area contributed by atoms with E-state index in [1.54, 1.807) is 0 Å². The van der Waals surface area contributed by atoms with Crippen LogP contribution in [0.4, 0.5) is 5.69 Å². The summed E-state index contributed by atoms with van der Waals surface area (Å²) in [5.74, 6) is 0.781. The number of nitrogens with two attached hydrogens (primary N) is 1. The van der Waals surface area contributed by atoms with Crippen molar-refractivity contribution < 1.29 is 9.53 Å². The molecule has 1 saturated heterocycles. The molecule has 1 aliphatic heterocycles. The number of ether oxygens (including phenoxy) is 1. The summed E-state index contributed by atoms with van der Waals surface area (Å²) in [5, 5.41) is 0. The summed E-state index contributed by atoms with van der Waals surface area (Å²) >= 11 is 0. The van der Waals surface area contributed by atoms with Crippen LogP contribution in [-0.2, 0) is 16.0 Å². The van der Waals surface area contributed by atoms with Gasteiger partial charge in [-0.3, -0.25) is 4.79 Å². The molecular weight excluding hydrogens is 264 g/mol. The first kappa shape index (κ1) is 15.8. The smallest absolute Gasteiger partial charge is 0.223 e. The van der Waals surface area contributed by atoms with Gasteiger partial charge < -0.3 is 15.4 Å². The lowest BCUT2D eigenvalue weighted by Gasteiger charge is -2.36. The second-order valence-corrected chi connectivity index (χ2v) is 6.14. The zero-order valence-electron chi connectivity index (χ0n) is 13.0. The molecule has 1 amide bonds. The summed E-state index contributed by atoms with van der Waals surface area (Å²) in [5.41, 5.74) is 7.76. The highest BCUT2D eigenvalue weighted by Crippen LogP contribution is 2.18. The fraction of sp³-hybridized carbons (Fsp3) is 0.588. The lowest BCUT2D eigenvalue weighted by molar-refractivity contribution is -0.140. The molecule has 2 N–H and O–H groups in total. The number of rotatable bonds is 5. The van der Waals surface area contributed by atoms with Gasteiger partial charge in [0.25, 0.3) is 0 Å². The molecule has 1 aliphatic rings. The van der Waals surface area contributed by atoms with Crippen LogP contribution in [0.15, 0.2) is 24.3 Å². The van der Waals surface area contributed by atoms with Gasteiger partial charge in [0, 0.05) is 18.7 Å². The molecule has 1 aromatic rings. The van der Waals surface area contributed by atoms with Gasteiger partial charge in [-0.15, -0.1) is 0 Å². The summed E-state index contributed by atoms with van der Waals surface area (Å²) in [4.78, 5) is 14.5. The van der Waals surface area contributed by atoms with E-state index in [4.69, 9.17) is 10.5 Å². The van der Waals surface area contributed by atoms with Crippen molar-refractivity contribution in [2.24, 2.45) is 5.92 Å². The van der Waals surface area contributed by atoms with Gasteiger partial charge in [-0.25, -0.2) is 0 Å². The first-order valence-corrected chi connectivity index (χ1v) is 7.78. The van der Waals surface area contributed by atoms with Crippen molar-refractivity contribution in [2.45, 2.75) is 39.2 Å². The Labute approximate surface area is 127 Å². The minimum Gasteiger partial charge on any atom is -0.399 e. The third kappa shape index (κ3) is 4.46. The Morgan fingerprint density at radius 1 is 1.43 bits per heavy atom. The zero-order valence-corrected chi connectivity index (χ0v) is 13.0. The lowest BCUT2D eigenvalue weighted by atomic mass is 10.0. The third-order valence-electron chi connectivity index (χ3n) is 3.95. The first-order chi connectivity index (χ1) is 10.1. The van der Waals surface area contributed by atoms with Gasteiger partial charge in [-0.2, -0.15) is 0 Å². The number of anilines is 1. The van der Waals surface area contributed by atoms with Gasteiger partial charge in [0.2, 0.25) is 5.91 Å². The van der Waals surface area contributed by atoms with E-state index in [2.05, 4.69) is 13.8 Å². The first-order valence-electron chi connectivity index (χ1n) is 7.78. The summed E-state index contributed by atoms with van der Waals surface area (Å²) in [6.45, 7) is 6.38. The van der Waals surface area contributed by atoms with Gasteiger partial charge >= 0.3 is 0 Å². The van der Waals surface area contributed by atoms with E-state index >= 15 is 0 Å². The minimum absolute atomic E-state index is 0.215. The van der Waals surface area contributed by atoms with Gasteiger partial charge in [0.05, 0.1) is 19.3 Å². The number of hydrogen-bond donors (Lipinski definition) is 1. The molecule has 1 fully saturated rings. The van der Waals surface area contributed by atoms with Crippen LogP contribution in [-0.4, -0.2) is 36.6 Å². The van der Waals surface area contributed by atoms with Crippen molar-refractivity contribution in [1.82, 2.24) is 4.90 Å². The van der Waals surface area contributed by atoms with Crippen molar-refractivity contribution in [2.75, 3.05) is 25.5 Å². The fourth-order valence-corrected chi connectivity index (χ4v) is 2.87. The average Bonchev–Trinajstić information content (AvgIpc) is 2.46. The molecule has 0 aromatic heterocycles. The molecule has 1 atom stereocenters. The number of para-hydroxylation sites is 1. The highest BCUT2D eigenvalue weighted by atomic mass is 16.5.